The molecule has 21 heavy (non-hydrogen) atoms. The van der Waals surface area contributed by atoms with Crippen LogP contribution in [0.5, 0.6) is 0 Å². The molecule has 0 saturated heterocycles. The van der Waals surface area contributed by atoms with Crippen molar-refractivity contribution >= 4 is 22.3 Å². The summed E-state index contributed by atoms with van der Waals surface area (Å²) in [6, 6.07) is 12.3. The number of hydrogen-bond donors (Lipinski definition) is 1. The second-order valence-corrected chi connectivity index (χ2v) is 6.29. The summed E-state index contributed by atoms with van der Waals surface area (Å²) in [4.78, 5) is 10.2. The van der Waals surface area contributed by atoms with E-state index in [1.165, 1.54) is 21.6 Å². The van der Waals surface area contributed by atoms with Crippen molar-refractivity contribution in [2.45, 2.75) is 20.8 Å². The van der Waals surface area contributed by atoms with Crippen molar-refractivity contribution in [1.82, 2.24) is 9.97 Å². The average molecular weight is 295 g/mol. The van der Waals surface area contributed by atoms with Gasteiger partial charge in [0.25, 0.3) is 0 Å². The zero-order valence-electron chi connectivity index (χ0n) is 12.3. The van der Waals surface area contributed by atoms with Gasteiger partial charge in [0.1, 0.15) is 5.82 Å². The van der Waals surface area contributed by atoms with Gasteiger partial charge >= 0.3 is 0 Å². The lowest BCUT2D eigenvalue weighted by atomic mass is 10.0. The summed E-state index contributed by atoms with van der Waals surface area (Å²) in [7, 11) is 0. The highest BCUT2D eigenvalue weighted by Crippen LogP contribution is 2.33. The minimum absolute atomic E-state index is 0.818. The van der Waals surface area contributed by atoms with Gasteiger partial charge in [0, 0.05) is 16.6 Å². The first kappa shape index (κ1) is 13.8. The Balaban J connectivity index is 1.96. The van der Waals surface area contributed by atoms with Crippen LogP contribution in [0.15, 0.2) is 42.6 Å². The Hall–Kier alpha value is -2.20. The van der Waals surface area contributed by atoms with Crippen LogP contribution in [0.2, 0.25) is 0 Å². The minimum Gasteiger partial charge on any atom is -0.316 e. The van der Waals surface area contributed by atoms with Crippen molar-refractivity contribution in [1.29, 1.82) is 0 Å². The van der Waals surface area contributed by atoms with Gasteiger partial charge in [0.15, 0.2) is 5.13 Å². The molecule has 106 valence electrons. The zero-order valence-corrected chi connectivity index (χ0v) is 13.2. The molecule has 3 nitrogen and oxygen atoms in total. The first-order valence-electron chi connectivity index (χ1n) is 6.86. The van der Waals surface area contributed by atoms with Gasteiger partial charge in [-0.05, 0) is 44.5 Å². The molecule has 3 rings (SSSR count). The van der Waals surface area contributed by atoms with Gasteiger partial charge < -0.3 is 5.32 Å². The predicted molar refractivity (Wildman–Crippen MR) is 89.3 cm³/mol. The largest absolute Gasteiger partial charge is 0.316 e. The molecule has 0 radical (unpaired) electrons. The fourth-order valence-electron chi connectivity index (χ4n) is 2.24. The number of thiazole rings is 1. The minimum atomic E-state index is 0.818. The Morgan fingerprint density at radius 1 is 1.05 bits per heavy atom. The third-order valence-corrected chi connectivity index (χ3v) is 4.23. The van der Waals surface area contributed by atoms with Crippen molar-refractivity contribution in [3.05, 3.63) is 58.6 Å². The summed E-state index contributed by atoms with van der Waals surface area (Å²) < 4.78 is 0. The van der Waals surface area contributed by atoms with E-state index in [2.05, 4.69) is 49.3 Å². The first-order chi connectivity index (χ1) is 10.1. The molecule has 0 aliphatic rings. The Bertz CT molecular complexity index is 763. The van der Waals surface area contributed by atoms with Gasteiger partial charge in [-0.15, -0.1) is 11.3 Å². The van der Waals surface area contributed by atoms with Crippen LogP contribution in [0.4, 0.5) is 10.9 Å². The van der Waals surface area contributed by atoms with E-state index in [1.54, 1.807) is 17.5 Å². The van der Waals surface area contributed by atoms with E-state index in [-0.39, 0.29) is 0 Å². The topological polar surface area (TPSA) is 37.8 Å². The lowest BCUT2D eigenvalue weighted by molar-refractivity contribution is 1.27. The molecule has 0 fully saturated rings. The quantitative estimate of drug-likeness (QED) is 0.748. The molecule has 0 unspecified atom stereocenters. The van der Waals surface area contributed by atoms with Crippen LogP contribution in [-0.2, 0) is 0 Å². The maximum atomic E-state index is 4.74. The summed E-state index contributed by atoms with van der Waals surface area (Å²) in [6.07, 6.45) is 1.77. The SMILES string of the molecule is Cc1ccc(C)c(-c2nc(Nc3ccccn3)sc2C)c1. The van der Waals surface area contributed by atoms with E-state index < -0.39 is 0 Å². The van der Waals surface area contributed by atoms with Crippen LogP contribution in [-0.4, -0.2) is 9.97 Å². The fourth-order valence-corrected chi connectivity index (χ4v) is 3.07. The molecule has 2 aromatic heterocycles. The van der Waals surface area contributed by atoms with Crippen molar-refractivity contribution in [2.75, 3.05) is 5.32 Å². The van der Waals surface area contributed by atoms with E-state index in [9.17, 15) is 0 Å². The van der Waals surface area contributed by atoms with Crippen LogP contribution in [0.25, 0.3) is 11.3 Å². The van der Waals surface area contributed by atoms with E-state index >= 15 is 0 Å². The Labute approximate surface area is 128 Å². The number of nitrogens with one attached hydrogen (secondary N) is 1. The van der Waals surface area contributed by atoms with Gasteiger partial charge in [0.2, 0.25) is 0 Å². The number of aromatic nitrogens is 2. The molecule has 0 bridgehead atoms. The number of hydrogen-bond acceptors (Lipinski definition) is 4. The number of anilines is 2. The van der Waals surface area contributed by atoms with Gasteiger partial charge in [0.05, 0.1) is 5.69 Å². The number of aryl methyl sites for hydroxylation is 3. The van der Waals surface area contributed by atoms with E-state index in [0.29, 0.717) is 0 Å². The predicted octanol–water partition coefficient (Wildman–Crippen LogP) is 4.87. The second-order valence-electron chi connectivity index (χ2n) is 5.08. The van der Waals surface area contributed by atoms with Gasteiger partial charge in [-0.1, -0.05) is 23.8 Å². The van der Waals surface area contributed by atoms with Gasteiger partial charge in [-0.25, -0.2) is 9.97 Å². The summed E-state index contributed by atoms with van der Waals surface area (Å²) in [5, 5.41) is 4.14. The highest BCUT2D eigenvalue weighted by atomic mass is 32.1. The highest BCUT2D eigenvalue weighted by Gasteiger charge is 2.12. The van der Waals surface area contributed by atoms with Gasteiger partial charge in [-0.2, -0.15) is 0 Å². The Kier molecular flexibility index (Phi) is 3.71. The van der Waals surface area contributed by atoms with Crippen molar-refractivity contribution in [2.24, 2.45) is 0 Å². The molecule has 0 atom stereocenters. The van der Waals surface area contributed by atoms with Crippen LogP contribution in [0.1, 0.15) is 16.0 Å². The van der Waals surface area contributed by atoms with E-state index in [0.717, 1.165) is 16.6 Å². The summed E-state index contributed by atoms with van der Waals surface area (Å²) in [5.41, 5.74) is 4.76. The lowest BCUT2D eigenvalue weighted by Gasteiger charge is -2.05. The number of benzene rings is 1. The number of pyridine rings is 1. The van der Waals surface area contributed by atoms with Crippen LogP contribution in [0.3, 0.4) is 0 Å². The molecule has 0 saturated carbocycles. The lowest BCUT2D eigenvalue weighted by Crippen LogP contribution is -1.92. The normalized spacial score (nSPS) is 10.6. The number of rotatable bonds is 3. The smallest absolute Gasteiger partial charge is 0.189 e. The average Bonchev–Trinajstić information content (AvgIpc) is 2.83. The van der Waals surface area contributed by atoms with Crippen LogP contribution in [0, 0.1) is 20.8 Å². The number of nitrogens with zero attached hydrogens (tertiary/aromatic N) is 2. The molecule has 0 aliphatic heterocycles. The molecule has 3 aromatic rings. The van der Waals surface area contributed by atoms with E-state index in [4.69, 9.17) is 4.98 Å². The molecule has 0 spiro atoms. The molecular weight excluding hydrogens is 278 g/mol. The third-order valence-electron chi connectivity index (χ3n) is 3.34. The molecular formula is C17H17N3S. The Morgan fingerprint density at radius 2 is 1.90 bits per heavy atom. The summed E-state index contributed by atoms with van der Waals surface area (Å²) >= 11 is 1.66. The maximum absolute atomic E-state index is 4.74. The van der Waals surface area contributed by atoms with Crippen molar-refractivity contribution in [3.63, 3.8) is 0 Å². The second kappa shape index (κ2) is 5.66. The van der Waals surface area contributed by atoms with Gasteiger partial charge in [-0.3, -0.25) is 0 Å². The van der Waals surface area contributed by atoms with Crippen molar-refractivity contribution < 1.29 is 0 Å². The fraction of sp³-hybridized carbons (Fsp3) is 0.176. The third kappa shape index (κ3) is 2.95. The molecule has 0 aliphatic carbocycles. The summed E-state index contributed by atoms with van der Waals surface area (Å²) in [6.45, 7) is 6.34. The maximum Gasteiger partial charge on any atom is 0.189 e. The molecule has 1 aromatic carbocycles. The molecule has 1 N–H and O–H groups in total. The Morgan fingerprint density at radius 3 is 2.67 bits per heavy atom. The standard InChI is InChI=1S/C17H17N3S/c1-11-7-8-12(2)14(10-11)16-13(3)21-17(20-16)19-15-6-4-5-9-18-15/h4-10H,1-3H3,(H,18,19,20). The summed E-state index contributed by atoms with van der Waals surface area (Å²) in [5.74, 6) is 0.818. The monoisotopic (exact) mass is 295 g/mol. The molecule has 2 heterocycles. The highest BCUT2D eigenvalue weighted by molar-refractivity contribution is 7.16. The molecule has 0 amide bonds. The van der Waals surface area contributed by atoms with Crippen molar-refractivity contribution in [3.8, 4) is 11.3 Å². The van der Waals surface area contributed by atoms with E-state index in [1.807, 2.05) is 18.2 Å². The van der Waals surface area contributed by atoms with Crippen LogP contribution >= 0.6 is 11.3 Å². The molecule has 4 heteroatoms. The van der Waals surface area contributed by atoms with Crippen LogP contribution < -0.4 is 5.32 Å². The first-order valence-corrected chi connectivity index (χ1v) is 7.68. The zero-order chi connectivity index (χ0) is 14.8.